The molecule has 6 rings (SSSR count). The monoisotopic (exact) mass is 486 g/mol. The van der Waals surface area contributed by atoms with Gasteiger partial charge in [-0.15, -0.1) is 0 Å². The van der Waals surface area contributed by atoms with Crippen molar-refractivity contribution in [2.75, 3.05) is 31.1 Å². The van der Waals surface area contributed by atoms with Crippen LogP contribution in [0.2, 0.25) is 0 Å². The summed E-state index contributed by atoms with van der Waals surface area (Å²) >= 11 is 0. The Morgan fingerprint density at radius 2 is 1.43 bits per heavy atom. The van der Waals surface area contributed by atoms with Crippen molar-refractivity contribution in [2.45, 2.75) is 25.8 Å². The van der Waals surface area contributed by atoms with E-state index in [-0.39, 0.29) is 5.92 Å². The molecule has 1 fully saturated rings. The van der Waals surface area contributed by atoms with Crippen LogP contribution in [0.5, 0.6) is 0 Å². The summed E-state index contributed by atoms with van der Waals surface area (Å²) in [6, 6.07) is 35.0. The number of hydrogen-bond donors (Lipinski definition) is 1. The summed E-state index contributed by atoms with van der Waals surface area (Å²) in [5.74, 6) is 1.38. The average Bonchev–Trinajstić information content (AvgIpc) is 3.33. The Morgan fingerprint density at radius 3 is 2.03 bits per heavy atom. The molecule has 1 N–H and O–H groups in total. The van der Waals surface area contributed by atoms with E-state index in [4.69, 9.17) is 4.98 Å². The maximum atomic E-state index is 10.1. The van der Waals surface area contributed by atoms with Gasteiger partial charge >= 0.3 is 0 Å². The number of pyridine rings is 1. The molecule has 5 nitrogen and oxygen atoms in total. The molecule has 2 aromatic heterocycles. The number of benzene rings is 3. The lowest BCUT2D eigenvalue weighted by Gasteiger charge is -2.38. The van der Waals surface area contributed by atoms with Crippen molar-refractivity contribution in [1.82, 2.24) is 9.38 Å². The van der Waals surface area contributed by atoms with Gasteiger partial charge in [-0.2, -0.15) is 5.26 Å². The largest absolute Gasteiger partial charge is 0.346 e. The highest BCUT2D eigenvalue weighted by Gasteiger charge is 2.31. The fourth-order valence-electron chi connectivity index (χ4n) is 5.90. The van der Waals surface area contributed by atoms with Crippen LogP contribution in [0, 0.1) is 11.3 Å². The van der Waals surface area contributed by atoms with E-state index in [1.807, 2.05) is 12.1 Å². The number of para-hydroxylation sites is 2. The minimum atomic E-state index is 0.241. The maximum absolute atomic E-state index is 10.1. The normalized spacial score (nSPS) is 14.6. The molecule has 0 unspecified atom stereocenters. The van der Waals surface area contributed by atoms with Gasteiger partial charge in [-0.1, -0.05) is 86.6 Å². The van der Waals surface area contributed by atoms with Gasteiger partial charge in [-0.3, -0.25) is 4.40 Å². The van der Waals surface area contributed by atoms with Gasteiger partial charge < -0.3 is 9.80 Å². The van der Waals surface area contributed by atoms with Crippen LogP contribution < -0.4 is 9.80 Å². The molecular weight excluding hydrogens is 454 g/mol. The summed E-state index contributed by atoms with van der Waals surface area (Å²) in [6.07, 6.45) is 0. The number of quaternary nitrogens is 1. The van der Waals surface area contributed by atoms with E-state index < -0.39 is 0 Å². The summed E-state index contributed by atoms with van der Waals surface area (Å²) in [5.41, 5.74) is 7.24. The zero-order valence-electron chi connectivity index (χ0n) is 21.4. The van der Waals surface area contributed by atoms with Crippen LogP contribution in [-0.2, 0) is 0 Å². The fourth-order valence-corrected chi connectivity index (χ4v) is 5.90. The molecule has 0 aliphatic carbocycles. The number of anilines is 1. The third-order valence-corrected chi connectivity index (χ3v) is 7.72. The summed E-state index contributed by atoms with van der Waals surface area (Å²) in [7, 11) is 0. The first-order chi connectivity index (χ1) is 18.2. The first-order valence-corrected chi connectivity index (χ1v) is 13.2. The Kier molecular flexibility index (Phi) is 6.12. The quantitative estimate of drug-likeness (QED) is 0.381. The Hall–Kier alpha value is -4.14. The zero-order chi connectivity index (χ0) is 25.4. The average molecular weight is 487 g/mol. The Balaban J connectivity index is 1.39. The third kappa shape index (κ3) is 4.14. The first kappa shape index (κ1) is 23.3. The Bertz CT molecular complexity index is 1530. The molecular formula is C32H32N5+. The van der Waals surface area contributed by atoms with E-state index in [9.17, 15) is 5.26 Å². The van der Waals surface area contributed by atoms with Crippen molar-refractivity contribution in [1.29, 1.82) is 5.26 Å². The van der Waals surface area contributed by atoms with Gasteiger partial charge in [0.2, 0.25) is 0 Å². The Morgan fingerprint density at radius 1 is 0.838 bits per heavy atom. The number of imidazole rings is 1. The number of rotatable bonds is 5. The molecule has 0 bridgehead atoms. The second kappa shape index (κ2) is 9.72. The first-order valence-electron chi connectivity index (χ1n) is 13.2. The van der Waals surface area contributed by atoms with Crippen molar-refractivity contribution in [3.05, 3.63) is 113 Å². The van der Waals surface area contributed by atoms with Crippen LogP contribution >= 0.6 is 0 Å². The SMILES string of the molecule is CC(C)c1cc(N2CC[NH+](C(c3ccccc3)c3ccccc3)CC2)n2c(nc3ccccc32)c1C#N. The molecule has 5 aromatic rings. The minimum Gasteiger partial charge on any atom is -0.346 e. The second-order valence-corrected chi connectivity index (χ2v) is 10.3. The predicted octanol–water partition coefficient (Wildman–Crippen LogP) is 4.98. The number of aromatic nitrogens is 2. The van der Waals surface area contributed by atoms with Gasteiger partial charge in [0.05, 0.1) is 42.8 Å². The number of nitriles is 1. The van der Waals surface area contributed by atoms with Crippen LogP contribution in [0.3, 0.4) is 0 Å². The van der Waals surface area contributed by atoms with Crippen LogP contribution in [-0.4, -0.2) is 35.6 Å². The molecule has 1 aliphatic heterocycles. The van der Waals surface area contributed by atoms with Gasteiger partial charge in [-0.05, 0) is 29.7 Å². The zero-order valence-corrected chi connectivity index (χ0v) is 21.4. The molecule has 3 aromatic carbocycles. The lowest BCUT2D eigenvalue weighted by molar-refractivity contribution is -0.926. The molecule has 184 valence electrons. The molecule has 37 heavy (non-hydrogen) atoms. The van der Waals surface area contributed by atoms with Crippen LogP contribution in [0.4, 0.5) is 5.82 Å². The third-order valence-electron chi connectivity index (χ3n) is 7.72. The van der Waals surface area contributed by atoms with Crippen LogP contribution in [0.1, 0.15) is 48.1 Å². The summed E-state index contributed by atoms with van der Waals surface area (Å²) < 4.78 is 2.20. The highest BCUT2D eigenvalue weighted by atomic mass is 15.3. The smallest absolute Gasteiger partial charge is 0.157 e. The summed E-state index contributed by atoms with van der Waals surface area (Å²) in [6.45, 7) is 8.25. The van der Waals surface area contributed by atoms with E-state index in [1.54, 1.807) is 4.90 Å². The molecule has 0 atom stereocenters. The van der Waals surface area contributed by atoms with E-state index >= 15 is 0 Å². The minimum absolute atomic E-state index is 0.241. The number of nitrogens with zero attached hydrogens (tertiary/aromatic N) is 4. The van der Waals surface area contributed by atoms with Gasteiger partial charge in [0.25, 0.3) is 0 Å². The van der Waals surface area contributed by atoms with E-state index in [0.717, 1.165) is 54.2 Å². The predicted molar refractivity (Wildman–Crippen MR) is 149 cm³/mol. The van der Waals surface area contributed by atoms with Crippen molar-refractivity contribution in [3.63, 3.8) is 0 Å². The molecule has 5 heteroatoms. The Labute approximate surface area is 218 Å². The van der Waals surface area contributed by atoms with Crippen molar-refractivity contribution in [2.24, 2.45) is 0 Å². The van der Waals surface area contributed by atoms with Crippen molar-refractivity contribution < 1.29 is 4.90 Å². The van der Waals surface area contributed by atoms with Crippen LogP contribution in [0.15, 0.2) is 91.0 Å². The molecule has 0 amide bonds. The second-order valence-electron chi connectivity index (χ2n) is 10.3. The van der Waals surface area contributed by atoms with E-state index in [1.165, 1.54) is 11.1 Å². The molecule has 1 aliphatic rings. The maximum Gasteiger partial charge on any atom is 0.157 e. The molecule has 1 saturated heterocycles. The number of hydrogen-bond acceptors (Lipinski definition) is 3. The summed E-state index contributed by atoms with van der Waals surface area (Å²) in [5, 5.41) is 10.1. The molecule has 0 saturated carbocycles. The van der Waals surface area contributed by atoms with E-state index in [0.29, 0.717) is 11.6 Å². The highest BCUT2D eigenvalue weighted by molar-refractivity contribution is 5.85. The van der Waals surface area contributed by atoms with Crippen molar-refractivity contribution >= 4 is 22.5 Å². The number of piperazine rings is 1. The van der Waals surface area contributed by atoms with Crippen LogP contribution in [0.25, 0.3) is 16.7 Å². The van der Waals surface area contributed by atoms with Gasteiger partial charge in [0.1, 0.15) is 17.9 Å². The van der Waals surface area contributed by atoms with Gasteiger partial charge in [0, 0.05) is 11.1 Å². The standard InChI is InChI=1S/C32H31N5/c1-23(2)26-21-30(37-29-16-10-9-15-28(29)34-32(37)27(26)22-33)35-17-19-36(20-18-35)31(24-11-5-3-6-12-24)25-13-7-4-8-14-25/h3-16,21,23,31H,17-20H2,1-2H3/p+1. The number of fused-ring (bicyclic) bond motifs is 3. The molecule has 0 radical (unpaired) electrons. The fraction of sp³-hybridized carbons (Fsp3) is 0.250. The van der Waals surface area contributed by atoms with Gasteiger partial charge in [-0.25, -0.2) is 4.98 Å². The highest BCUT2D eigenvalue weighted by Crippen LogP contribution is 2.32. The molecule has 0 spiro atoms. The lowest BCUT2D eigenvalue weighted by Crippen LogP contribution is -3.15. The van der Waals surface area contributed by atoms with E-state index in [2.05, 4.69) is 108 Å². The topological polar surface area (TPSA) is 48.8 Å². The number of nitrogens with one attached hydrogen (secondary N) is 1. The lowest BCUT2D eigenvalue weighted by atomic mass is 9.96. The van der Waals surface area contributed by atoms with Gasteiger partial charge in [0.15, 0.2) is 5.65 Å². The molecule has 3 heterocycles. The van der Waals surface area contributed by atoms with Crippen molar-refractivity contribution in [3.8, 4) is 6.07 Å². The summed E-state index contributed by atoms with van der Waals surface area (Å²) in [4.78, 5) is 8.99.